The van der Waals surface area contributed by atoms with Crippen LogP contribution in [0, 0.1) is 0 Å². The molecule has 0 aromatic carbocycles. The Bertz CT molecular complexity index is 328. The first-order chi connectivity index (χ1) is 8.50. The number of carboxylic acids is 1. The van der Waals surface area contributed by atoms with Crippen LogP contribution in [0.1, 0.15) is 0 Å². The fourth-order valence-corrected chi connectivity index (χ4v) is 1.59. The Kier molecular flexibility index (Phi) is 5.37. The molecule has 1 rings (SSSR count). The molecule has 8 nitrogen and oxygen atoms in total. The van der Waals surface area contributed by atoms with Crippen LogP contribution in [0.2, 0.25) is 0 Å². The zero-order valence-electron chi connectivity index (χ0n) is 10.3. The van der Waals surface area contributed by atoms with Crippen LogP contribution >= 0.6 is 0 Å². The van der Waals surface area contributed by atoms with Gasteiger partial charge in [-0.1, -0.05) is 0 Å². The summed E-state index contributed by atoms with van der Waals surface area (Å²) in [5.74, 6) is -1.25. The predicted molar refractivity (Wildman–Crippen MR) is 63.1 cm³/mol. The van der Waals surface area contributed by atoms with Gasteiger partial charge in [0, 0.05) is 33.2 Å². The highest BCUT2D eigenvalue weighted by atomic mass is 16.4. The van der Waals surface area contributed by atoms with Crippen molar-refractivity contribution in [3.8, 4) is 0 Å². The number of urea groups is 1. The molecule has 1 aliphatic rings. The molecule has 0 bridgehead atoms. The van der Waals surface area contributed by atoms with E-state index < -0.39 is 18.5 Å². The Morgan fingerprint density at radius 1 is 1.33 bits per heavy atom. The Morgan fingerprint density at radius 3 is 2.50 bits per heavy atom. The molecule has 1 aliphatic heterocycles. The first kappa shape index (κ1) is 14.2. The highest BCUT2D eigenvalue weighted by Crippen LogP contribution is 1.93. The second-order valence-electron chi connectivity index (χ2n) is 4.04. The van der Waals surface area contributed by atoms with Gasteiger partial charge in [0.05, 0.1) is 6.54 Å². The minimum absolute atomic E-state index is 0.108. The molecule has 102 valence electrons. The molecule has 0 aromatic heterocycles. The van der Waals surface area contributed by atoms with Crippen LogP contribution < -0.4 is 10.6 Å². The lowest BCUT2D eigenvalue weighted by Crippen LogP contribution is -2.50. The smallest absolute Gasteiger partial charge is 0.323 e. The van der Waals surface area contributed by atoms with E-state index in [-0.39, 0.29) is 12.5 Å². The minimum atomic E-state index is -1.10. The average Bonchev–Trinajstić information content (AvgIpc) is 2.35. The number of carboxylic acid groups (broad SMARTS) is 1. The number of aliphatic carboxylic acids is 1. The Morgan fingerprint density at radius 2 is 1.94 bits per heavy atom. The molecule has 0 aromatic rings. The standard InChI is InChI=1S/C10H18N4O4/c1-13(7-9(16)17)10(18)12-6-8(15)14-4-2-11-3-5-14/h11H,2-7H2,1H3,(H,12,18)(H,16,17). The van der Waals surface area contributed by atoms with Crippen molar-refractivity contribution in [1.82, 2.24) is 20.4 Å². The SMILES string of the molecule is CN(CC(=O)O)C(=O)NCC(=O)N1CCNCC1. The molecule has 0 saturated carbocycles. The summed E-state index contributed by atoms with van der Waals surface area (Å²) in [6.45, 7) is 2.24. The van der Waals surface area contributed by atoms with E-state index in [0.29, 0.717) is 13.1 Å². The van der Waals surface area contributed by atoms with Crippen LogP contribution in [0.4, 0.5) is 4.79 Å². The summed E-state index contributed by atoms with van der Waals surface area (Å²) in [4.78, 5) is 36.2. The normalized spacial score (nSPS) is 15.1. The number of likely N-dealkylation sites (N-methyl/N-ethyl adjacent to an activating group) is 1. The number of piperazine rings is 1. The highest BCUT2D eigenvalue weighted by Gasteiger charge is 2.18. The van der Waals surface area contributed by atoms with Gasteiger partial charge in [0.1, 0.15) is 6.54 Å². The van der Waals surface area contributed by atoms with Crippen molar-refractivity contribution in [2.24, 2.45) is 0 Å². The molecule has 1 heterocycles. The maximum absolute atomic E-state index is 11.7. The molecule has 0 aliphatic carbocycles. The van der Waals surface area contributed by atoms with Gasteiger partial charge >= 0.3 is 12.0 Å². The van der Waals surface area contributed by atoms with E-state index in [1.165, 1.54) is 7.05 Å². The molecule has 8 heteroatoms. The van der Waals surface area contributed by atoms with Crippen molar-refractivity contribution in [2.75, 3.05) is 46.3 Å². The van der Waals surface area contributed by atoms with Crippen molar-refractivity contribution in [3.63, 3.8) is 0 Å². The molecule has 3 amide bonds. The quantitative estimate of drug-likeness (QED) is 0.549. The maximum Gasteiger partial charge on any atom is 0.323 e. The summed E-state index contributed by atoms with van der Waals surface area (Å²) < 4.78 is 0. The van der Waals surface area contributed by atoms with Gasteiger partial charge in [-0.25, -0.2) is 4.79 Å². The zero-order chi connectivity index (χ0) is 13.5. The number of nitrogens with one attached hydrogen (secondary N) is 2. The molecular weight excluding hydrogens is 240 g/mol. The monoisotopic (exact) mass is 258 g/mol. The van der Waals surface area contributed by atoms with E-state index in [1.807, 2.05) is 0 Å². The van der Waals surface area contributed by atoms with Crippen molar-refractivity contribution in [2.45, 2.75) is 0 Å². The summed E-state index contributed by atoms with van der Waals surface area (Å²) in [6, 6.07) is -0.569. The highest BCUT2D eigenvalue weighted by molar-refractivity contribution is 5.85. The van der Waals surface area contributed by atoms with Gasteiger partial charge in [-0.05, 0) is 0 Å². The third kappa shape index (κ3) is 4.58. The second-order valence-corrected chi connectivity index (χ2v) is 4.04. The number of carbonyl (C=O) groups is 3. The van der Waals surface area contributed by atoms with Gasteiger partial charge < -0.3 is 25.5 Å². The van der Waals surface area contributed by atoms with E-state index in [1.54, 1.807) is 4.90 Å². The zero-order valence-corrected chi connectivity index (χ0v) is 10.3. The Balaban J connectivity index is 2.28. The van der Waals surface area contributed by atoms with Crippen molar-refractivity contribution >= 4 is 17.9 Å². The van der Waals surface area contributed by atoms with Crippen LogP contribution in [0.3, 0.4) is 0 Å². The maximum atomic E-state index is 11.7. The number of hydrogen-bond donors (Lipinski definition) is 3. The fourth-order valence-electron chi connectivity index (χ4n) is 1.59. The molecule has 18 heavy (non-hydrogen) atoms. The molecule has 0 radical (unpaired) electrons. The van der Waals surface area contributed by atoms with E-state index in [0.717, 1.165) is 18.0 Å². The predicted octanol–water partition coefficient (Wildman–Crippen LogP) is -1.86. The molecule has 1 saturated heterocycles. The van der Waals surface area contributed by atoms with Crippen molar-refractivity contribution < 1.29 is 19.5 Å². The molecule has 0 spiro atoms. The number of hydrogen-bond acceptors (Lipinski definition) is 4. The van der Waals surface area contributed by atoms with Crippen LogP contribution in [0.25, 0.3) is 0 Å². The average molecular weight is 258 g/mol. The van der Waals surface area contributed by atoms with Crippen LogP contribution in [0.15, 0.2) is 0 Å². The minimum Gasteiger partial charge on any atom is -0.480 e. The third-order valence-electron chi connectivity index (χ3n) is 2.58. The van der Waals surface area contributed by atoms with E-state index >= 15 is 0 Å². The second kappa shape index (κ2) is 6.80. The number of nitrogens with zero attached hydrogens (tertiary/aromatic N) is 2. The van der Waals surface area contributed by atoms with Crippen LogP contribution in [0.5, 0.6) is 0 Å². The van der Waals surface area contributed by atoms with Gasteiger partial charge in [0.15, 0.2) is 0 Å². The summed E-state index contributed by atoms with van der Waals surface area (Å²) in [6.07, 6.45) is 0. The van der Waals surface area contributed by atoms with Gasteiger partial charge in [-0.2, -0.15) is 0 Å². The summed E-state index contributed by atoms with van der Waals surface area (Å²) in [5.41, 5.74) is 0. The lowest BCUT2D eigenvalue weighted by atomic mass is 10.3. The lowest BCUT2D eigenvalue weighted by molar-refractivity contribution is -0.137. The van der Waals surface area contributed by atoms with Gasteiger partial charge in [-0.15, -0.1) is 0 Å². The van der Waals surface area contributed by atoms with E-state index in [9.17, 15) is 14.4 Å². The number of amides is 3. The first-order valence-electron chi connectivity index (χ1n) is 5.70. The Labute approximate surface area is 105 Å². The van der Waals surface area contributed by atoms with Crippen LogP contribution in [-0.4, -0.2) is 79.1 Å². The number of rotatable bonds is 4. The first-order valence-corrected chi connectivity index (χ1v) is 5.70. The van der Waals surface area contributed by atoms with Crippen molar-refractivity contribution in [1.29, 1.82) is 0 Å². The number of carbonyl (C=O) groups excluding carboxylic acids is 2. The van der Waals surface area contributed by atoms with Gasteiger partial charge in [0.2, 0.25) is 5.91 Å². The molecule has 0 atom stereocenters. The van der Waals surface area contributed by atoms with E-state index in [2.05, 4.69) is 10.6 Å². The summed E-state index contributed by atoms with van der Waals surface area (Å²) in [5, 5.41) is 14.0. The molecule has 0 unspecified atom stereocenters. The van der Waals surface area contributed by atoms with Gasteiger partial charge in [0.25, 0.3) is 0 Å². The van der Waals surface area contributed by atoms with Crippen molar-refractivity contribution in [3.05, 3.63) is 0 Å². The molecule has 3 N–H and O–H groups in total. The van der Waals surface area contributed by atoms with E-state index in [4.69, 9.17) is 5.11 Å². The summed E-state index contributed by atoms with van der Waals surface area (Å²) in [7, 11) is 1.36. The summed E-state index contributed by atoms with van der Waals surface area (Å²) >= 11 is 0. The Hall–Kier alpha value is -1.83. The van der Waals surface area contributed by atoms with Crippen LogP contribution in [-0.2, 0) is 9.59 Å². The molecule has 1 fully saturated rings. The topological polar surface area (TPSA) is 102 Å². The molecular formula is C10H18N4O4. The largest absolute Gasteiger partial charge is 0.480 e. The fraction of sp³-hybridized carbons (Fsp3) is 0.700. The van der Waals surface area contributed by atoms with Gasteiger partial charge in [-0.3, -0.25) is 9.59 Å². The third-order valence-corrected chi connectivity index (χ3v) is 2.58. The lowest BCUT2D eigenvalue weighted by Gasteiger charge is -2.27.